The maximum absolute atomic E-state index is 12.7. The Morgan fingerprint density at radius 1 is 0.944 bits per heavy atom. The van der Waals surface area contributed by atoms with Crippen molar-refractivity contribution < 1.29 is 27.4 Å². The maximum atomic E-state index is 12.7. The quantitative estimate of drug-likeness (QED) is 0.357. The molecule has 2 N–H and O–H groups in total. The SMILES string of the molecule is COc1ccc(NS(=O)(=O)c2ccc(/C=C/CNC(=O)COCc3ccc(Cl)cc3)cc2)cc1OC. The molecular formula is C26H27ClN2O6S. The summed E-state index contributed by atoms with van der Waals surface area (Å²) in [7, 11) is -0.809. The highest BCUT2D eigenvalue weighted by molar-refractivity contribution is 7.92. The third kappa shape index (κ3) is 8.01. The summed E-state index contributed by atoms with van der Waals surface area (Å²) in [5.74, 6) is 0.674. The van der Waals surface area contributed by atoms with E-state index in [1.54, 1.807) is 54.6 Å². The van der Waals surface area contributed by atoms with Gasteiger partial charge in [-0.3, -0.25) is 9.52 Å². The van der Waals surface area contributed by atoms with E-state index < -0.39 is 10.0 Å². The van der Waals surface area contributed by atoms with Gasteiger partial charge in [0.05, 0.1) is 31.4 Å². The fourth-order valence-electron chi connectivity index (χ4n) is 3.13. The lowest BCUT2D eigenvalue weighted by atomic mass is 10.2. The highest BCUT2D eigenvalue weighted by Crippen LogP contribution is 2.30. The van der Waals surface area contributed by atoms with Gasteiger partial charge in [0.1, 0.15) is 6.61 Å². The standard InChI is InChI=1S/C26H27ClN2O6S/c1-33-24-14-11-22(16-25(24)34-2)29-36(31,32)23-12-7-19(8-13-23)4-3-15-28-26(30)18-35-17-20-5-9-21(27)10-6-20/h3-14,16,29H,15,17-18H2,1-2H3,(H,28,30)/b4-3+. The summed E-state index contributed by atoms with van der Waals surface area (Å²) in [6.07, 6.45) is 3.55. The van der Waals surface area contributed by atoms with Gasteiger partial charge in [-0.05, 0) is 47.5 Å². The average molecular weight is 531 g/mol. The summed E-state index contributed by atoms with van der Waals surface area (Å²) < 4.78 is 43.8. The van der Waals surface area contributed by atoms with Gasteiger partial charge in [0.15, 0.2) is 11.5 Å². The van der Waals surface area contributed by atoms with E-state index in [1.807, 2.05) is 12.1 Å². The van der Waals surface area contributed by atoms with E-state index in [2.05, 4.69) is 10.0 Å². The van der Waals surface area contributed by atoms with E-state index in [1.165, 1.54) is 26.4 Å². The van der Waals surface area contributed by atoms with Crippen molar-refractivity contribution in [3.8, 4) is 11.5 Å². The fourth-order valence-corrected chi connectivity index (χ4v) is 4.31. The molecule has 0 unspecified atom stereocenters. The van der Waals surface area contributed by atoms with Crippen molar-refractivity contribution in [3.05, 3.63) is 89.0 Å². The Morgan fingerprint density at radius 3 is 2.31 bits per heavy atom. The van der Waals surface area contributed by atoms with Gasteiger partial charge in [0.25, 0.3) is 10.0 Å². The maximum Gasteiger partial charge on any atom is 0.261 e. The van der Waals surface area contributed by atoms with E-state index in [9.17, 15) is 13.2 Å². The van der Waals surface area contributed by atoms with Crippen molar-refractivity contribution in [2.75, 3.05) is 32.1 Å². The van der Waals surface area contributed by atoms with Crippen molar-refractivity contribution in [1.29, 1.82) is 0 Å². The predicted molar refractivity (Wildman–Crippen MR) is 140 cm³/mol. The van der Waals surface area contributed by atoms with Crippen molar-refractivity contribution >= 4 is 39.3 Å². The second kappa shape index (κ2) is 13.0. The Labute approximate surface area is 215 Å². The number of benzene rings is 3. The molecule has 0 atom stereocenters. The third-order valence-corrected chi connectivity index (χ3v) is 6.62. The molecule has 3 aromatic rings. The number of hydrogen-bond acceptors (Lipinski definition) is 6. The van der Waals surface area contributed by atoms with Gasteiger partial charge in [-0.2, -0.15) is 0 Å². The third-order valence-electron chi connectivity index (χ3n) is 4.97. The van der Waals surface area contributed by atoms with Crippen molar-refractivity contribution in [2.45, 2.75) is 11.5 Å². The summed E-state index contributed by atoms with van der Waals surface area (Å²) >= 11 is 5.84. The molecule has 36 heavy (non-hydrogen) atoms. The van der Waals surface area contributed by atoms with Gasteiger partial charge >= 0.3 is 0 Å². The van der Waals surface area contributed by atoms with E-state index in [0.717, 1.165) is 11.1 Å². The Morgan fingerprint density at radius 2 is 1.64 bits per heavy atom. The molecule has 0 saturated carbocycles. The minimum absolute atomic E-state index is 0.0594. The van der Waals surface area contributed by atoms with Crippen LogP contribution < -0.4 is 19.5 Å². The summed E-state index contributed by atoms with van der Waals surface area (Å²) in [4.78, 5) is 12.0. The largest absolute Gasteiger partial charge is 0.493 e. The van der Waals surface area contributed by atoms with Crippen LogP contribution in [0.2, 0.25) is 5.02 Å². The first kappa shape index (κ1) is 27.1. The molecule has 10 heteroatoms. The molecule has 0 bridgehead atoms. The Hall–Kier alpha value is -3.53. The topological polar surface area (TPSA) is 103 Å². The zero-order chi connectivity index (χ0) is 26.0. The first-order chi connectivity index (χ1) is 17.3. The lowest BCUT2D eigenvalue weighted by Crippen LogP contribution is -2.27. The monoisotopic (exact) mass is 530 g/mol. The number of anilines is 1. The van der Waals surface area contributed by atoms with Crippen LogP contribution in [-0.2, 0) is 26.2 Å². The first-order valence-corrected chi connectivity index (χ1v) is 12.8. The summed E-state index contributed by atoms with van der Waals surface area (Å²) in [5, 5.41) is 3.38. The number of carbonyl (C=O) groups is 1. The highest BCUT2D eigenvalue weighted by Gasteiger charge is 2.15. The van der Waals surface area contributed by atoms with Crippen LogP contribution in [-0.4, -0.2) is 41.7 Å². The van der Waals surface area contributed by atoms with Crippen LogP contribution >= 0.6 is 11.6 Å². The molecule has 1 amide bonds. The van der Waals surface area contributed by atoms with Gasteiger partial charge in [0, 0.05) is 17.6 Å². The molecule has 0 aliphatic carbocycles. The van der Waals surface area contributed by atoms with E-state index in [4.69, 9.17) is 25.8 Å². The Kier molecular flexibility index (Phi) is 9.75. The van der Waals surface area contributed by atoms with Crippen molar-refractivity contribution in [3.63, 3.8) is 0 Å². The minimum Gasteiger partial charge on any atom is -0.493 e. The number of methoxy groups -OCH3 is 2. The summed E-state index contributed by atoms with van der Waals surface area (Å²) in [6, 6.07) is 18.3. The van der Waals surface area contributed by atoms with Crippen LogP contribution in [0.15, 0.2) is 77.7 Å². The van der Waals surface area contributed by atoms with Crippen LogP contribution in [0.5, 0.6) is 11.5 Å². The molecule has 0 fully saturated rings. The number of amides is 1. The van der Waals surface area contributed by atoms with Crippen LogP contribution in [0, 0.1) is 0 Å². The molecule has 3 aromatic carbocycles. The number of sulfonamides is 1. The second-order valence-corrected chi connectivity index (χ2v) is 9.69. The Bertz CT molecular complexity index is 1290. The molecule has 0 aromatic heterocycles. The van der Waals surface area contributed by atoms with Gasteiger partial charge in [-0.25, -0.2) is 8.42 Å². The molecule has 8 nitrogen and oxygen atoms in total. The number of rotatable bonds is 12. The summed E-state index contributed by atoms with van der Waals surface area (Å²) in [6.45, 7) is 0.566. The number of ether oxygens (including phenoxy) is 3. The molecular weight excluding hydrogens is 504 g/mol. The van der Waals surface area contributed by atoms with E-state index in [0.29, 0.717) is 35.4 Å². The molecule has 0 spiro atoms. The highest BCUT2D eigenvalue weighted by atomic mass is 35.5. The normalized spacial score (nSPS) is 11.3. The van der Waals surface area contributed by atoms with Crippen LogP contribution in [0.25, 0.3) is 6.08 Å². The molecule has 190 valence electrons. The van der Waals surface area contributed by atoms with E-state index in [-0.39, 0.29) is 17.4 Å². The van der Waals surface area contributed by atoms with Crippen LogP contribution in [0.3, 0.4) is 0 Å². The first-order valence-electron chi connectivity index (χ1n) is 10.9. The van der Waals surface area contributed by atoms with Gasteiger partial charge in [-0.15, -0.1) is 0 Å². The molecule has 0 heterocycles. The molecule has 0 radical (unpaired) electrons. The number of nitrogens with one attached hydrogen (secondary N) is 2. The zero-order valence-corrected chi connectivity index (χ0v) is 21.4. The van der Waals surface area contributed by atoms with Gasteiger partial charge < -0.3 is 19.5 Å². The molecule has 0 aliphatic heterocycles. The minimum atomic E-state index is -3.79. The number of carbonyl (C=O) groups excluding carboxylic acids is 1. The smallest absolute Gasteiger partial charge is 0.261 e. The van der Waals surface area contributed by atoms with E-state index >= 15 is 0 Å². The van der Waals surface area contributed by atoms with Crippen LogP contribution in [0.1, 0.15) is 11.1 Å². The van der Waals surface area contributed by atoms with Crippen molar-refractivity contribution in [2.24, 2.45) is 0 Å². The van der Waals surface area contributed by atoms with Crippen molar-refractivity contribution in [1.82, 2.24) is 5.32 Å². The molecule has 0 aliphatic rings. The number of hydrogen-bond donors (Lipinski definition) is 2. The number of halogens is 1. The Balaban J connectivity index is 1.46. The lowest BCUT2D eigenvalue weighted by Gasteiger charge is -2.12. The molecule has 0 saturated heterocycles. The van der Waals surface area contributed by atoms with Gasteiger partial charge in [-0.1, -0.05) is 48.0 Å². The lowest BCUT2D eigenvalue weighted by molar-refractivity contribution is -0.125. The van der Waals surface area contributed by atoms with Gasteiger partial charge in [0.2, 0.25) is 5.91 Å². The zero-order valence-electron chi connectivity index (χ0n) is 19.9. The predicted octanol–water partition coefficient (Wildman–Crippen LogP) is 4.50. The molecule has 3 rings (SSSR count). The summed E-state index contributed by atoms with van der Waals surface area (Å²) in [5.41, 5.74) is 2.06. The fraction of sp³-hybridized carbons (Fsp3) is 0.192. The average Bonchev–Trinajstić information content (AvgIpc) is 2.88. The van der Waals surface area contributed by atoms with Crippen LogP contribution in [0.4, 0.5) is 5.69 Å². The second-order valence-electron chi connectivity index (χ2n) is 7.57.